The molecule has 2 rings (SSSR count). The van der Waals surface area contributed by atoms with Gasteiger partial charge in [-0.25, -0.2) is 0 Å². The largest absolute Gasteiger partial charge is 0.294 e. The second-order valence-electron chi connectivity index (χ2n) is 4.64. The van der Waals surface area contributed by atoms with E-state index in [-0.39, 0.29) is 5.78 Å². The van der Waals surface area contributed by atoms with E-state index in [1.54, 1.807) is 0 Å². The zero-order valence-electron chi connectivity index (χ0n) is 10.8. The number of benzene rings is 2. The van der Waals surface area contributed by atoms with Gasteiger partial charge in [0, 0.05) is 21.5 Å². The van der Waals surface area contributed by atoms with Crippen molar-refractivity contribution < 1.29 is 4.79 Å². The fraction of sp³-hybridized carbons (Fsp3) is 0.188. The van der Waals surface area contributed by atoms with E-state index in [9.17, 15) is 4.79 Å². The third-order valence-electron chi connectivity index (χ3n) is 3.08. The van der Waals surface area contributed by atoms with Crippen LogP contribution < -0.4 is 0 Å². The molecule has 2 aromatic rings. The van der Waals surface area contributed by atoms with Crippen molar-refractivity contribution in [2.24, 2.45) is 0 Å². The molecule has 0 bridgehead atoms. The minimum absolute atomic E-state index is 0.125. The molecule has 0 amide bonds. The molecule has 2 aromatic carbocycles. The van der Waals surface area contributed by atoms with Crippen molar-refractivity contribution in [3.05, 3.63) is 68.1 Å². The van der Waals surface area contributed by atoms with E-state index in [0.717, 1.165) is 26.7 Å². The van der Waals surface area contributed by atoms with Gasteiger partial charge in [-0.1, -0.05) is 39.7 Å². The van der Waals surface area contributed by atoms with Gasteiger partial charge >= 0.3 is 0 Å². The van der Waals surface area contributed by atoms with Crippen molar-refractivity contribution in [1.29, 1.82) is 0 Å². The Balaban J connectivity index is 2.25. The standard InChI is InChI=1S/C16H14BrClO/c1-10-8-15(18)11(2)7-14(10)16(19)9-12-3-5-13(17)6-4-12/h3-8H,9H2,1-2H3. The first kappa shape index (κ1) is 14.3. The second-order valence-corrected chi connectivity index (χ2v) is 5.97. The highest BCUT2D eigenvalue weighted by Crippen LogP contribution is 2.22. The Morgan fingerprint density at radius 1 is 1.11 bits per heavy atom. The normalized spacial score (nSPS) is 10.5. The summed E-state index contributed by atoms with van der Waals surface area (Å²) in [5.74, 6) is 0.125. The van der Waals surface area contributed by atoms with Gasteiger partial charge in [0.15, 0.2) is 5.78 Å². The average Bonchev–Trinajstić information content (AvgIpc) is 2.36. The SMILES string of the molecule is Cc1cc(C(=O)Cc2ccc(Br)cc2)c(C)cc1Cl. The molecule has 0 aliphatic heterocycles. The van der Waals surface area contributed by atoms with Gasteiger partial charge in [-0.15, -0.1) is 0 Å². The number of aryl methyl sites for hydroxylation is 2. The number of hydrogen-bond donors (Lipinski definition) is 0. The molecule has 98 valence electrons. The first-order valence-electron chi connectivity index (χ1n) is 6.02. The molecule has 0 aliphatic rings. The van der Waals surface area contributed by atoms with Crippen LogP contribution in [0.25, 0.3) is 0 Å². The number of hydrogen-bond acceptors (Lipinski definition) is 1. The van der Waals surface area contributed by atoms with E-state index in [4.69, 9.17) is 11.6 Å². The van der Waals surface area contributed by atoms with Crippen LogP contribution in [-0.4, -0.2) is 5.78 Å². The van der Waals surface area contributed by atoms with Crippen molar-refractivity contribution >= 4 is 33.3 Å². The lowest BCUT2D eigenvalue weighted by atomic mass is 9.97. The van der Waals surface area contributed by atoms with Gasteiger partial charge in [0.2, 0.25) is 0 Å². The molecule has 0 aliphatic carbocycles. The zero-order valence-corrected chi connectivity index (χ0v) is 13.2. The molecule has 19 heavy (non-hydrogen) atoms. The first-order valence-corrected chi connectivity index (χ1v) is 7.19. The highest BCUT2D eigenvalue weighted by atomic mass is 79.9. The summed E-state index contributed by atoms with van der Waals surface area (Å²) in [5.41, 5.74) is 3.63. The first-order chi connectivity index (χ1) is 8.97. The van der Waals surface area contributed by atoms with E-state index in [1.165, 1.54) is 0 Å². The van der Waals surface area contributed by atoms with Crippen LogP contribution >= 0.6 is 27.5 Å². The van der Waals surface area contributed by atoms with Crippen LogP contribution in [0.15, 0.2) is 40.9 Å². The van der Waals surface area contributed by atoms with E-state index >= 15 is 0 Å². The Labute approximate surface area is 126 Å². The smallest absolute Gasteiger partial charge is 0.167 e. The maximum Gasteiger partial charge on any atom is 0.167 e. The lowest BCUT2D eigenvalue weighted by Gasteiger charge is -2.08. The summed E-state index contributed by atoms with van der Waals surface area (Å²) in [6, 6.07) is 11.5. The third kappa shape index (κ3) is 3.46. The Kier molecular flexibility index (Phi) is 4.43. The van der Waals surface area contributed by atoms with Gasteiger partial charge in [0.1, 0.15) is 0 Å². The van der Waals surface area contributed by atoms with Crippen molar-refractivity contribution in [1.82, 2.24) is 0 Å². The van der Waals surface area contributed by atoms with E-state index < -0.39 is 0 Å². The topological polar surface area (TPSA) is 17.1 Å². The van der Waals surface area contributed by atoms with Crippen molar-refractivity contribution in [2.75, 3.05) is 0 Å². The fourth-order valence-corrected chi connectivity index (χ4v) is 2.45. The Bertz CT molecular complexity index is 617. The summed E-state index contributed by atoms with van der Waals surface area (Å²) >= 11 is 9.44. The van der Waals surface area contributed by atoms with E-state index in [0.29, 0.717) is 11.4 Å². The zero-order chi connectivity index (χ0) is 14.0. The molecule has 0 fully saturated rings. The van der Waals surface area contributed by atoms with Crippen LogP contribution in [0.5, 0.6) is 0 Å². The predicted molar refractivity (Wildman–Crippen MR) is 83.1 cm³/mol. The summed E-state index contributed by atoms with van der Waals surface area (Å²) in [4.78, 5) is 12.3. The lowest BCUT2D eigenvalue weighted by molar-refractivity contribution is 0.0992. The lowest BCUT2D eigenvalue weighted by Crippen LogP contribution is -2.06. The molecule has 0 spiro atoms. The van der Waals surface area contributed by atoms with Crippen LogP contribution in [0.2, 0.25) is 5.02 Å². The summed E-state index contributed by atoms with van der Waals surface area (Å²) in [6.07, 6.45) is 0.412. The summed E-state index contributed by atoms with van der Waals surface area (Å²) in [7, 11) is 0. The number of carbonyl (C=O) groups excluding carboxylic acids is 1. The monoisotopic (exact) mass is 336 g/mol. The fourth-order valence-electron chi connectivity index (χ4n) is 1.96. The molecule has 0 atom stereocenters. The quantitative estimate of drug-likeness (QED) is 0.708. The Morgan fingerprint density at radius 3 is 2.37 bits per heavy atom. The molecule has 0 radical (unpaired) electrons. The maximum atomic E-state index is 12.3. The van der Waals surface area contributed by atoms with Gasteiger partial charge < -0.3 is 0 Å². The molecule has 0 N–H and O–H groups in total. The molecule has 0 aromatic heterocycles. The molecule has 0 saturated carbocycles. The third-order valence-corrected chi connectivity index (χ3v) is 4.02. The van der Waals surface area contributed by atoms with Gasteiger partial charge in [-0.2, -0.15) is 0 Å². The number of halogens is 2. The van der Waals surface area contributed by atoms with Crippen LogP contribution in [0, 0.1) is 13.8 Å². The Hall–Kier alpha value is -1.12. The summed E-state index contributed by atoms with van der Waals surface area (Å²) < 4.78 is 1.02. The van der Waals surface area contributed by atoms with Crippen LogP contribution in [-0.2, 0) is 6.42 Å². The molecule has 1 nitrogen and oxygen atoms in total. The minimum Gasteiger partial charge on any atom is -0.294 e. The van der Waals surface area contributed by atoms with E-state index in [2.05, 4.69) is 15.9 Å². The number of rotatable bonds is 3. The van der Waals surface area contributed by atoms with Crippen molar-refractivity contribution in [3.63, 3.8) is 0 Å². The van der Waals surface area contributed by atoms with Gasteiger partial charge in [0.25, 0.3) is 0 Å². The average molecular weight is 338 g/mol. The summed E-state index contributed by atoms with van der Waals surface area (Å²) in [5, 5.41) is 0.706. The molecular formula is C16H14BrClO. The number of carbonyl (C=O) groups is 1. The molecule has 0 heterocycles. The second kappa shape index (κ2) is 5.89. The molecular weight excluding hydrogens is 324 g/mol. The molecule has 0 saturated heterocycles. The van der Waals surface area contributed by atoms with Gasteiger partial charge in [0.05, 0.1) is 0 Å². The van der Waals surface area contributed by atoms with E-state index in [1.807, 2.05) is 50.2 Å². The number of Topliss-reactive ketones (excluding diaryl/α,β-unsaturated/α-hetero) is 1. The van der Waals surface area contributed by atoms with Crippen molar-refractivity contribution in [3.8, 4) is 0 Å². The van der Waals surface area contributed by atoms with Crippen LogP contribution in [0.1, 0.15) is 27.0 Å². The Morgan fingerprint density at radius 2 is 1.74 bits per heavy atom. The van der Waals surface area contributed by atoms with Crippen molar-refractivity contribution in [2.45, 2.75) is 20.3 Å². The van der Waals surface area contributed by atoms with Gasteiger partial charge in [-0.05, 0) is 54.8 Å². The number of ketones is 1. The summed E-state index contributed by atoms with van der Waals surface area (Å²) in [6.45, 7) is 3.83. The van der Waals surface area contributed by atoms with Crippen LogP contribution in [0.3, 0.4) is 0 Å². The molecule has 3 heteroatoms. The predicted octanol–water partition coefficient (Wildman–Crippen LogP) is 5.14. The van der Waals surface area contributed by atoms with Crippen LogP contribution in [0.4, 0.5) is 0 Å². The maximum absolute atomic E-state index is 12.3. The highest BCUT2D eigenvalue weighted by Gasteiger charge is 2.12. The minimum atomic E-state index is 0.125. The van der Waals surface area contributed by atoms with Gasteiger partial charge in [-0.3, -0.25) is 4.79 Å². The molecule has 0 unspecified atom stereocenters. The highest BCUT2D eigenvalue weighted by molar-refractivity contribution is 9.10.